The van der Waals surface area contributed by atoms with Gasteiger partial charge in [-0.15, -0.1) is 0 Å². The maximum absolute atomic E-state index is 10.3. The van der Waals surface area contributed by atoms with Crippen LogP contribution in [0.25, 0.3) is 0 Å². The Balaban J connectivity index is 1.84. The lowest BCUT2D eigenvalue weighted by Gasteiger charge is -2.46. The van der Waals surface area contributed by atoms with Gasteiger partial charge < -0.3 is 5.11 Å². The minimum atomic E-state index is -0.326. The molecule has 3 fully saturated rings. The summed E-state index contributed by atoms with van der Waals surface area (Å²) in [4.78, 5) is 2.28. The minimum absolute atomic E-state index is 0.0439. The standard InChI is InChI=1S/C17H18N2O/c18-10-7-14-4-2-1-3-13(14)5-6-16-17(20)15-8-11-19(16)12-9-15/h1-4,15-17,20H,7-9,11-12H2. The van der Waals surface area contributed by atoms with E-state index in [9.17, 15) is 5.11 Å². The van der Waals surface area contributed by atoms with Gasteiger partial charge in [-0.1, -0.05) is 30.0 Å². The molecule has 3 nitrogen and oxygen atoms in total. The summed E-state index contributed by atoms with van der Waals surface area (Å²) >= 11 is 0. The Bertz CT molecular complexity index is 583. The average Bonchev–Trinajstić information content (AvgIpc) is 2.49. The van der Waals surface area contributed by atoms with Crippen LogP contribution < -0.4 is 0 Å². The molecule has 20 heavy (non-hydrogen) atoms. The Morgan fingerprint density at radius 1 is 1.25 bits per heavy atom. The first-order valence-corrected chi connectivity index (χ1v) is 7.18. The lowest BCUT2D eigenvalue weighted by Crippen LogP contribution is -2.57. The van der Waals surface area contributed by atoms with Crippen LogP contribution in [0.4, 0.5) is 0 Å². The number of hydrogen-bond acceptors (Lipinski definition) is 3. The first-order valence-electron chi connectivity index (χ1n) is 7.18. The highest BCUT2D eigenvalue weighted by Crippen LogP contribution is 2.31. The van der Waals surface area contributed by atoms with Crippen molar-refractivity contribution in [2.45, 2.75) is 31.4 Å². The van der Waals surface area contributed by atoms with Crippen LogP contribution in [0.5, 0.6) is 0 Å². The zero-order valence-corrected chi connectivity index (χ0v) is 11.4. The van der Waals surface area contributed by atoms with E-state index in [2.05, 4.69) is 22.8 Å². The van der Waals surface area contributed by atoms with Gasteiger partial charge >= 0.3 is 0 Å². The molecule has 2 bridgehead atoms. The number of benzene rings is 1. The summed E-state index contributed by atoms with van der Waals surface area (Å²) in [7, 11) is 0. The third-order valence-corrected chi connectivity index (χ3v) is 4.42. The van der Waals surface area contributed by atoms with E-state index in [1.807, 2.05) is 24.3 Å². The number of nitriles is 1. The number of hydrogen-bond donors (Lipinski definition) is 1. The SMILES string of the molecule is N#CCc1ccccc1C#CC1C(O)C2CCN1CC2. The predicted molar refractivity (Wildman–Crippen MR) is 76.7 cm³/mol. The largest absolute Gasteiger partial charge is 0.390 e. The lowest BCUT2D eigenvalue weighted by atomic mass is 9.81. The van der Waals surface area contributed by atoms with E-state index in [1.54, 1.807) is 0 Å². The third kappa shape index (κ3) is 2.43. The van der Waals surface area contributed by atoms with E-state index in [1.165, 1.54) is 0 Å². The van der Waals surface area contributed by atoms with Gasteiger partial charge in [0, 0.05) is 5.56 Å². The van der Waals surface area contributed by atoms with Crippen LogP contribution in [0.3, 0.4) is 0 Å². The monoisotopic (exact) mass is 266 g/mol. The second kappa shape index (κ2) is 5.67. The van der Waals surface area contributed by atoms with Crippen LogP contribution in [0.1, 0.15) is 24.0 Å². The molecule has 2 atom stereocenters. The maximum Gasteiger partial charge on any atom is 0.0983 e. The molecule has 1 N–H and O–H groups in total. The van der Waals surface area contributed by atoms with E-state index in [0.717, 1.165) is 37.1 Å². The first kappa shape index (κ1) is 13.2. The minimum Gasteiger partial charge on any atom is -0.390 e. The average molecular weight is 266 g/mol. The topological polar surface area (TPSA) is 47.3 Å². The molecule has 0 aromatic heterocycles. The third-order valence-electron chi connectivity index (χ3n) is 4.42. The molecule has 0 spiro atoms. The molecule has 3 heteroatoms. The summed E-state index contributed by atoms with van der Waals surface area (Å²) in [6.45, 7) is 2.09. The van der Waals surface area contributed by atoms with Crippen molar-refractivity contribution in [1.29, 1.82) is 5.26 Å². The maximum atomic E-state index is 10.3. The fraction of sp³-hybridized carbons (Fsp3) is 0.471. The molecular formula is C17H18N2O. The molecule has 1 aromatic rings. The van der Waals surface area contributed by atoms with E-state index in [0.29, 0.717) is 12.3 Å². The molecule has 0 saturated carbocycles. The number of aliphatic hydroxyl groups excluding tert-OH is 1. The number of fused-ring (bicyclic) bond motifs is 3. The fourth-order valence-corrected chi connectivity index (χ4v) is 3.22. The summed E-state index contributed by atoms with van der Waals surface area (Å²) in [5.74, 6) is 6.83. The van der Waals surface area contributed by atoms with E-state index in [-0.39, 0.29) is 12.1 Å². The summed E-state index contributed by atoms with van der Waals surface area (Å²) < 4.78 is 0. The molecule has 3 aliphatic rings. The Kier molecular flexibility index (Phi) is 3.74. The smallest absolute Gasteiger partial charge is 0.0983 e. The highest BCUT2D eigenvalue weighted by atomic mass is 16.3. The summed E-state index contributed by atoms with van der Waals surface area (Å²) in [6.07, 6.45) is 2.23. The number of nitrogens with zero attached hydrogens (tertiary/aromatic N) is 2. The molecular weight excluding hydrogens is 248 g/mol. The summed E-state index contributed by atoms with van der Waals surface area (Å²) in [6, 6.07) is 9.88. The number of rotatable bonds is 1. The van der Waals surface area contributed by atoms with Crippen LogP contribution in [-0.4, -0.2) is 35.2 Å². The lowest BCUT2D eigenvalue weighted by molar-refractivity contribution is -0.0500. The van der Waals surface area contributed by atoms with Crippen molar-refractivity contribution < 1.29 is 5.11 Å². The van der Waals surface area contributed by atoms with Crippen molar-refractivity contribution in [2.75, 3.05) is 13.1 Å². The zero-order valence-electron chi connectivity index (χ0n) is 11.4. The van der Waals surface area contributed by atoms with Gasteiger partial charge in [-0.2, -0.15) is 5.26 Å². The summed E-state index contributed by atoms with van der Waals surface area (Å²) in [5, 5.41) is 19.2. The van der Waals surface area contributed by atoms with Gasteiger partial charge in [0.1, 0.15) is 0 Å². The molecule has 1 aromatic carbocycles. The predicted octanol–water partition coefficient (Wildman–Crippen LogP) is 1.56. The van der Waals surface area contributed by atoms with E-state index in [4.69, 9.17) is 5.26 Å². The molecule has 3 saturated heterocycles. The highest BCUT2D eigenvalue weighted by Gasteiger charge is 2.40. The Labute approximate surface area is 119 Å². The number of aliphatic hydroxyl groups is 1. The van der Waals surface area contributed by atoms with Gasteiger partial charge in [-0.25, -0.2) is 0 Å². The second-order valence-electron chi connectivity index (χ2n) is 5.57. The van der Waals surface area contributed by atoms with Crippen molar-refractivity contribution in [1.82, 2.24) is 4.90 Å². The van der Waals surface area contributed by atoms with Crippen LogP contribution in [0, 0.1) is 29.1 Å². The van der Waals surface area contributed by atoms with Crippen LogP contribution in [-0.2, 0) is 6.42 Å². The normalized spacial score (nSPS) is 31.2. The molecule has 102 valence electrons. The van der Waals surface area contributed by atoms with Crippen LogP contribution in [0.2, 0.25) is 0 Å². The molecule has 0 amide bonds. The van der Waals surface area contributed by atoms with Crippen LogP contribution in [0.15, 0.2) is 24.3 Å². The quantitative estimate of drug-likeness (QED) is 0.785. The van der Waals surface area contributed by atoms with Crippen molar-refractivity contribution >= 4 is 0 Å². The van der Waals surface area contributed by atoms with Gasteiger partial charge in [-0.05, 0) is 43.5 Å². The second-order valence-corrected chi connectivity index (χ2v) is 5.57. The molecule has 3 aliphatic heterocycles. The van der Waals surface area contributed by atoms with Crippen LogP contribution >= 0.6 is 0 Å². The molecule has 4 rings (SSSR count). The Morgan fingerprint density at radius 2 is 2.00 bits per heavy atom. The van der Waals surface area contributed by atoms with Gasteiger partial charge in [0.15, 0.2) is 0 Å². The van der Waals surface area contributed by atoms with Gasteiger partial charge in [0.2, 0.25) is 0 Å². The van der Waals surface area contributed by atoms with Gasteiger partial charge in [0.25, 0.3) is 0 Å². The first-order chi connectivity index (χ1) is 9.79. The van der Waals surface area contributed by atoms with Crippen molar-refractivity contribution in [3.8, 4) is 17.9 Å². The molecule has 3 heterocycles. The zero-order chi connectivity index (χ0) is 13.9. The summed E-state index contributed by atoms with van der Waals surface area (Å²) in [5.41, 5.74) is 1.87. The highest BCUT2D eigenvalue weighted by molar-refractivity contribution is 5.43. The Morgan fingerprint density at radius 3 is 2.70 bits per heavy atom. The van der Waals surface area contributed by atoms with E-state index >= 15 is 0 Å². The van der Waals surface area contributed by atoms with Crippen molar-refractivity contribution in [2.24, 2.45) is 5.92 Å². The molecule has 2 unspecified atom stereocenters. The number of piperidine rings is 3. The van der Waals surface area contributed by atoms with Crippen molar-refractivity contribution in [3.05, 3.63) is 35.4 Å². The van der Waals surface area contributed by atoms with E-state index < -0.39 is 0 Å². The molecule has 0 aliphatic carbocycles. The van der Waals surface area contributed by atoms with Gasteiger partial charge in [0.05, 0.1) is 24.6 Å². The van der Waals surface area contributed by atoms with Gasteiger partial charge in [-0.3, -0.25) is 4.90 Å². The van der Waals surface area contributed by atoms with Crippen molar-refractivity contribution in [3.63, 3.8) is 0 Å². The molecule has 0 radical (unpaired) electrons. The fourth-order valence-electron chi connectivity index (χ4n) is 3.22. The Hall–Kier alpha value is -1.81.